The number of ether oxygens (including phenoxy) is 1. The van der Waals surface area contributed by atoms with Gasteiger partial charge in [0.05, 0.1) is 4.92 Å². The number of halogens is 3. The van der Waals surface area contributed by atoms with E-state index in [4.69, 9.17) is 4.74 Å². The Kier molecular flexibility index (Phi) is 6.36. The van der Waals surface area contributed by atoms with Crippen LogP contribution in [-0.4, -0.2) is 19.2 Å². The number of nitro groups is 1. The summed E-state index contributed by atoms with van der Waals surface area (Å²) in [6.07, 6.45) is -0.980. The van der Waals surface area contributed by atoms with E-state index in [2.05, 4.69) is 53.1 Å². The molecule has 0 radical (unpaired) electrons. The van der Waals surface area contributed by atoms with Crippen LogP contribution in [0.2, 0.25) is 0 Å². The highest BCUT2D eigenvalue weighted by molar-refractivity contribution is 9.39. The number of benzene rings is 2. The van der Waals surface area contributed by atoms with Crippen molar-refractivity contribution in [2.24, 2.45) is 0 Å². The number of amides is 1. The average Bonchev–Trinajstić information content (AvgIpc) is 2.54. The van der Waals surface area contributed by atoms with E-state index < -0.39 is 13.3 Å². The Labute approximate surface area is 163 Å². The standard InChI is InChI=1S/C15H11Br3N2O4/c16-15(17,18)14(19-13(21)10-6-2-1-3-7-10)24-12-9-5-4-8-11(12)20(22)23/h1-9,14H,(H,19,21). The molecular formula is C15H11Br3N2O4. The van der Waals surface area contributed by atoms with Gasteiger partial charge in [0.25, 0.3) is 5.91 Å². The predicted octanol–water partition coefficient (Wildman–Crippen LogP) is 4.57. The van der Waals surface area contributed by atoms with Crippen LogP contribution >= 0.6 is 47.8 Å². The summed E-state index contributed by atoms with van der Waals surface area (Å²) < 4.78 is 4.62. The van der Waals surface area contributed by atoms with Gasteiger partial charge >= 0.3 is 5.69 Å². The first kappa shape index (κ1) is 18.9. The highest BCUT2D eigenvalue weighted by Crippen LogP contribution is 2.39. The van der Waals surface area contributed by atoms with Crippen molar-refractivity contribution in [3.05, 3.63) is 70.3 Å². The average molecular weight is 523 g/mol. The molecule has 9 heteroatoms. The first-order valence-corrected chi connectivity index (χ1v) is 8.99. The van der Waals surface area contributed by atoms with Crippen LogP contribution in [0.1, 0.15) is 10.4 Å². The number of nitrogens with zero attached hydrogens (tertiary/aromatic N) is 1. The topological polar surface area (TPSA) is 81.5 Å². The summed E-state index contributed by atoms with van der Waals surface area (Å²) in [6, 6.07) is 14.5. The first-order chi connectivity index (χ1) is 11.3. The van der Waals surface area contributed by atoms with Gasteiger partial charge in [-0.25, -0.2) is 0 Å². The molecule has 2 aromatic rings. The van der Waals surface area contributed by atoms with E-state index in [9.17, 15) is 14.9 Å². The summed E-state index contributed by atoms with van der Waals surface area (Å²) in [7, 11) is 0. The van der Waals surface area contributed by atoms with Crippen LogP contribution in [0.3, 0.4) is 0 Å². The number of para-hydroxylation sites is 2. The highest BCUT2D eigenvalue weighted by Gasteiger charge is 2.36. The van der Waals surface area contributed by atoms with Gasteiger partial charge in [-0.15, -0.1) is 0 Å². The SMILES string of the molecule is O=C(NC(Oc1ccccc1[N+](=O)[O-])C(Br)(Br)Br)c1ccccc1. The number of carbonyl (C=O) groups is 1. The van der Waals surface area contributed by atoms with Crippen molar-refractivity contribution < 1.29 is 14.5 Å². The molecule has 0 heterocycles. The van der Waals surface area contributed by atoms with E-state index in [1.165, 1.54) is 18.2 Å². The van der Waals surface area contributed by atoms with Crippen molar-refractivity contribution in [2.75, 3.05) is 0 Å². The molecule has 1 amide bonds. The Balaban J connectivity index is 2.25. The lowest BCUT2D eigenvalue weighted by atomic mass is 10.2. The van der Waals surface area contributed by atoms with Gasteiger partial charge in [-0.05, 0) is 18.2 Å². The van der Waals surface area contributed by atoms with Gasteiger partial charge in [0.15, 0.2) is 7.89 Å². The summed E-state index contributed by atoms with van der Waals surface area (Å²) in [4.78, 5) is 22.9. The third-order valence-electron chi connectivity index (χ3n) is 2.90. The second-order valence-corrected chi connectivity index (χ2v) is 11.5. The third kappa shape index (κ3) is 5.02. The smallest absolute Gasteiger partial charge is 0.311 e. The van der Waals surface area contributed by atoms with Gasteiger partial charge in [0.2, 0.25) is 6.23 Å². The molecule has 0 saturated heterocycles. The molecule has 1 unspecified atom stereocenters. The van der Waals surface area contributed by atoms with Crippen molar-refractivity contribution in [1.82, 2.24) is 5.32 Å². The quantitative estimate of drug-likeness (QED) is 0.270. The Hall–Kier alpha value is -1.45. The molecule has 1 N–H and O–H groups in total. The van der Waals surface area contributed by atoms with Crippen molar-refractivity contribution in [2.45, 2.75) is 8.37 Å². The molecule has 0 aliphatic rings. The monoisotopic (exact) mass is 520 g/mol. The molecule has 2 aromatic carbocycles. The Morgan fingerprint density at radius 2 is 1.67 bits per heavy atom. The van der Waals surface area contributed by atoms with Crippen LogP contribution in [0.15, 0.2) is 54.6 Å². The number of rotatable bonds is 5. The van der Waals surface area contributed by atoms with Crippen LogP contribution in [-0.2, 0) is 0 Å². The molecule has 6 nitrogen and oxygen atoms in total. The lowest BCUT2D eigenvalue weighted by Crippen LogP contribution is -2.47. The van der Waals surface area contributed by atoms with Crippen molar-refractivity contribution in [3.63, 3.8) is 0 Å². The fourth-order valence-electron chi connectivity index (χ4n) is 1.80. The van der Waals surface area contributed by atoms with Crippen molar-refractivity contribution >= 4 is 59.4 Å². The molecule has 0 bridgehead atoms. The zero-order valence-electron chi connectivity index (χ0n) is 12.0. The fourth-order valence-corrected chi connectivity index (χ4v) is 2.43. The maximum Gasteiger partial charge on any atom is 0.311 e. The van der Waals surface area contributed by atoms with Crippen LogP contribution in [0.5, 0.6) is 5.75 Å². The number of carbonyl (C=O) groups excluding carboxylic acids is 1. The van der Waals surface area contributed by atoms with Gasteiger partial charge in [-0.1, -0.05) is 78.1 Å². The van der Waals surface area contributed by atoms with E-state index in [1.54, 1.807) is 36.4 Å². The van der Waals surface area contributed by atoms with E-state index in [-0.39, 0.29) is 17.3 Å². The normalized spacial score (nSPS) is 12.3. The minimum absolute atomic E-state index is 0.0311. The molecule has 0 fully saturated rings. The van der Waals surface area contributed by atoms with Crippen LogP contribution < -0.4 is 10.1 Å². The molecule has 0 aliphatic carbocycles. The maximum absolute atomic E-state index is 12.3. The Morgan fingerprint density at radius 1 is 1.08 bits per heavy atom. The number of nitro benzene ring substituents is 1. The predicted molar refractivity (Wildman–Crippen MR) is 101 cm³/mol. The Bertz CT molecular complexity index is 735. The van der Waals surface area contributed by atoms with Crippen LogP contribution in [0.25, 0.3) is 0 Å². The molecule has 24 heavy (non-hydrogen) atoms. The highest BCUT2D eigenvalue weighted by atomic mass is 80.0. The molecule has 0 saturated carbocycles. The third-order valence-corrected chi connectivity index (χ3v) is 4.15. The molecule has 0 aliphatic heterocycles. The lowest BCUT2D eigenvalue weighted by molar-refractivity contribution is -0.386. The lowest BCUT2D eigenvalue weighted by Gasteiger charge is -2.27. The number of nitrogens with one attached hydrogen (secondary N) is 1. The molecule has 126 valence electrons. The number of hydrogen-bond acceptors (Lipinski definition) is 4. The summed E-state index contributed by atoms with van der Waals surface area (Å²) in [6.45, 7) is 0. The minimum atomic E-state index is -1.03. The minimum Gasteiger partial charge on any atom is -0.460 e. The van der Waals surface area contributed by atoms with Crippen LogP contribution in [0, 0.1) is 10.1 Å². The second-order valence-electron chi connectivity index (χ2n) is 4.60. The van der Waals surface area contributed by atoms with Gasteiger partial charge in [0.1, 0.15) is 0 Å². The van der Waals surface area contributed by atoms with Crippen LogP contribution in [0.4, 0.5) is 5.69 Å². The van der Waals surface area contributed by atoms with Gasteiger partial charge < -0.3 is 10.1 Å². The molecule has 1 atom stereocenters. The van der Waals surface area contributed by atoms with Crippen molar-refractivity contribution in [3.8, 4) is 5.75 Å². The molecule has 2 rings (SSSR count). The van der Waals surface area contributed by atoms with E-state index >= 15 is 0 Å². The Morgan fingerprint density at radius 3 is 2.25 bits per heavy atom. The zero-order chi connectivity index (χ0) is 17.7. The summed E-state index contributed by atoms with van der Waals surface area (Å²) in [5.74, 6) is -0.356. The second kappa shape index (κ2) is 8.09. The van der Waals surface area contributed by atoms with E-state index in [0.717, 1.165) is 0 Å². The molecule has 0 spiro atoms. The number of alkyl halides is 3. The van der Waals surface area contributed by atoms with E-state index in [1.807, 2.05) is 0 Å². The summed E-state index contributed by atoms with van der Waals surface area (Å²) >= 11 is 9.87. The first-order valence-electron chi connectivity index (χ1n) is 6.62. The summed E-state index contributed by atoms with van der Waals surface area (Å²) in [5, 5.41) is 13.8. The van der Waals surface area contributed by atoms with Gasteiger partial charge in [0, 0.05) is 11.6 Å². The van der Waals surface area contributed by atoms with Crippen molar-refractivity contribution in [1.29, 1.82) is 0 Å². The fraction of sp³-hybridized carbons (Fsp3) is 0.133. The van der Waals surface area contributed by atoms with E-state index in [0.29, 0.717) is 5.56 Å². The summed E-state index contributed by atoms with van der Waals surface area (Å²) in [5.41, 5.74) is 0.235. The zero-order valence-corrected chi connectivity index (χ0v) is 16.7. The largest absolute Gasteiger partial charge is 0.460 e. The van der Waals surface area contributed by atoms with Gasteiger partial charge in [-0.2, -0.15) is 0 Å². The number of hydrogen-bond donors (Lipinski definition) is 1. The maximum atomic E-state index is 12.3. The van der Waals surface area contributed by atoms with Gasteiger partial charge in [-0.3, -0.25) is 14.9 Å². The molecular weight excluding hydrogens is 512 g/mol. The molecule has 0 aromatic heterocycles.